The number of amidine groups is 2. The Morgan fingerprint density at radius 3 is 1.68 bits per heavy atom. The van der Waals surface area contributed by atoms with E-state index in [2.05, 4.69) is 173 Å². The summed E-state index contributed by atoms with van der Waals surface area (Å²) >= 11 is 0. The van der Waals surface area contributed by atoms with Crippen LogP contribution in [0.2, 0.25) is 0 Å². The van der Waals surface area contributed by atoms with Crippen molar-refractivity contribution in [3.05, 3.63) is 216 Å². The SMILES string of the molecule is Cc1cc(-n2c3ccccc3c3c4c(c5ccccc5n4-c4ccccc4)c4oc5ccccc5c4c32)c2c(oc3ccccc32)c1C1N=C(c2ccccc2)N=C(c2ccccc2)N1. The molecule has 0 amide bonds. The van der Waals surface area contributed by atoms with Crippen LogP contribution in [0.25, 0.3) is 98.9 Å². The first-order valence-electron chi connectivity index (χ1n) is 22.0. The van der Waals surface area contributed by atoms with Crippen molar-refractivity contribution in [1.82, 2.24) is 14.5 Å². The molecule has 0 fully saturated rings. The highest BCUT2D eigenvalue weighted by molar-refractivity contribution is 6.39. The lowest BCUT2D eigenvalue weighted by molar-refractivity contribution is 0.625. The van der Waals surface area contributed by atoms with E-state index in [1.807, 2.05) is 42.5 Å². The van der Waals surface area contributed by atoms with Crippen LogP contribution in [0, 0.1) is 6.92 Å². The lowest BCUT2D eigenvalue weighted by Gasteiger charge is -2.25. The van der Waals surface area contributed by atoms with Crippen molar-refractivity contribution in [2.75, 3.05) is 0 Å². The van der Waals surface area contributed by atoms with Crippen LogP contribution < -0.4 is 5.32 Å². The number of aliphatic imine (C=N–C) groups is 2. The summed E-state index contributed by atoms with van der Waals surface area (Å²) in [5, 5.41) is 12.5. The van der Waals surface area contributed by atoms with Crippen LogP contribution in [0.3, 0.4) is 0 Å². The number of benzene rings is 9. The average molecular weight is 836 g/mol. The van der Waals surface area contributed by atoms with E-state index in [0.717, 1.165) is 127 Å². The zero-order valence-corrected chi connectivity index (χ0v) is 35.2. The van der Waals surface area contributed by atoms with Gasteiger partial charge in [0.2, 0.25) is 0 Å². The number of rotatable bonds is 5. The van der Waals surface area contributed by atoms with Crippen LogP contribution in [-0.4, -0.2) is 20.8 Å². The van der Waals surface area contributed by atoms with Crippen molar-refractivity contribution in [2.45, 2.75) is 13.1 Å². The summed E-state index contributed by atoms with van der Waals surface area (Å²) in [6.45, 7) is 2.18. The second-order valence-corrected chi connectivity index (χ2v) is 16.9. The molecule has 0 aliphatic carbocycles. The lowest BCUT2D eigenvalue weighted by atomic mass is 9.98. The fourth-order valence-corrected chi connectivity index (χ4v) is 10.6. The van der Waals surface area contributed by atoms with Gasteiger partial charge in [0.05, 0.1) is 43.9 Å². The lowest BCUT2D eigenvalue weighted by Crippen LogP contribution is -2.34. The summed E-state index contributed by atoms with van der Waals surface area (Å²) in [6.07, 6.45) is -0.501. The fraction of sp³-hybridized carbons (Fsp3) is 0.0345. The zero-order valence-electron chi connectivity index (χ0n) is 35.2. The highest BCUT2D eigenvalue weighted by Gasteiger charge is 2.32. The topological polar surface area (TPSA) is 72.9 Å². The molecular formula is C58H37N5O2. The molecular weight excluding hydrogens is 799 g/mol. The number of hydrogen-bond donors (Lipinski definition) is 1. The Kier molecular flexibility index (Phi) is 7.54. The number of nitrogens with one attached hydrogen (secondary N) is 1. The molecule has 1 aliphatic heterocycles. The minimum absolute atomic E-state index is 0.501. The van der Waals surface area contributed by atoms with Crippen molar-refractivity contribution in [3.63, 3.8) is 0 Å². The van der Waals surface area contributed by atoms with Crippen molar-refractivity contribution < 1.29 is 8.83 Å². The molecule has 7 heteroatoms. The number of nitrogens with zero attached hydrogens (tertiary/aromatic N) is 4. The Labute approximate surface area is 371 Å². The molecule has 9 aromatic carbocycles. The van der Waals surface area contributed by atoms with E-state index in [0.29, 0.717) is 5.84 Å². The number of hydrogen-bond acceptors (Lipinski definition) is 5. The Hall–Kier alpha value is -8.68. The predicted octanol–water partition coefficient (Wildman–Crippen LogP) is 14.5. The van der Waals surface area contributed by atoms with Gasteiger partial charge in [0.1, 0.15) is 28.2 Å². The van der Waals surface area contributed by atoms with Crippen LogP contribution >= 0.6 is 0 Å². The van der Waals surface area contributed by atoms with Crippen molar-refractivity contribution in [3.8, 4) is 11.4 Å². The molecule has 306 valence electrons. The fourth-order valence-electron chi connectivity index (χ4n) is 10.6. The molecule has 7 nitrogen and oxygen atoms in total. The Balaban J connectivity index is 1.15. The summed E-state index contributed by atoms with van der Waals surface area (Å²) in [5.41, 5.74) is 13.7. The van der Waals surface area contributed by atoms with Gasteiger partial charge in [-0.3, -0.25) is 0 Å². The molecule has 1 unspecified atom stereocenters. The molecule has 0 saturated heterocycles. The van der Waals surface area contributed by atoms with E-state index in [4.69, 9.17) is 18.8 Å². The summed E-state index contributed by atoms with van der Waals surface area (Å²) < 4.78 is 19.1. The first-order valence-corrected chi connectivity index (χ1v) is 22.0. The van der Waals surface area contributed by atoms with Crippen molar-refractivity contribution >= 4 is 99.2 Å². The molecule has 13 aromatic rings. The molecule has 14 rings (SSSR count). The summed E-state index contributed by atoms with van der Waals surface area (Å²) in [6, 6.07) is 67.9. The average Bonchev–Trinajstić information content (AvgIpc) is 4.12. The van der Waals surface area contributed by atoms with Crippen LogP contribution in [0.15, 0.2) is 213 Å². The molecule has 5 heterocycles. The second-order valence-electron chi connectivity index (χ2n) is 16.9. The Morgan fingerprint density at radius 1 is 0.477 bits per heavy atom. The van der Waals surface area contributed by atoms with Crippen molar-refractivity contribution in [1.29, 1.82) is 0 Å². The maximum absolute atomic E-state index is 7.11. The van der Waals surface area contributed by atoms with E-state index in [-0.39, 0.29) is 0 Å². The molecule has 0 radical (unpaired) electrons. The van der Waals surface area contributed by atoms with Crippen molar-refractivity contribution in [2.24, 2.45) is 9.98 Å². The third-order valence-corrected chi connectivity index (χ3v) is 13.3. The number of furan rings is 2. The first kappa shape index (κ1) is 35.9. The standard InChI is InChI=1S/C58H37N5O2/c1-34-33-44(48-40-27-13-17-31-45(40)64-54(48)47(34)58-60-56(35-19-5-2-6-20-35)59-57(61-58)36-21-7-3-8-22-36)63-43-30-16-11-25-38(43)49-52-50(55-51(53(49)63)41-28-14-18-32-46(41)65-55)39-26-12-15-29-42(39)62(52)37-23-9-4-10-24-37/h2-33,58H,1H3,(H,59,60,61). The van der Waals surface area contributed by atoms with Gasteiger partial charge >= 0.3 is 0 Å². The maximum atomic E-state index is 7.11. The van der Waals surface area contributed by atoms with Gasteiger partial charge < -0.3 is 23.3 Å². The van der Waals surface area contributed by atoms with Gasteiger partial charge in [0.15, 0.2) is 12.0 Å². The van der Waals surface area contributed by atoms with Gasteiger partial charge in [-0.15, -0.1) is 0 Å². The first-order chi connectivity index (χ1) is 32.2. The molecule has 1 atom stereocenters. The van der Waals surface area contributed by atoms with Crippen LogP contribution in [0.5, 0.6) is 0 Å². The minimum atomic E-state index is -0.501. The predicted molar refractivity (Wildman–Crippen MR) is 266 cm³/mol. The highest BCUT2D eigenvalue weighted by atomic mass is 16.3. The normalized spacial score (nSPS) is 14.4. The van der Waals surface area contributed by atoms with Gasteiger partial charge in [-0.2, -0.15) is 0 Å². The van der Waals surface area contributed by atoms with Gasteiger partial charge in [-0.05, 0) is 55.0 Å². The zero-order chi connectivity index (χ0) is 42.8. The molecule has 4 aromatic heterocycles. The van der Waals surface area contributed by atoms with E-state index < -0.39 is 6.17 Å². The van der Waals surface area contributed by atoms with E-state index in [9.17, 15) is 0 Å². The summed E-state index contributed by atoms with van der Waals surface area (Å²) in [5.74, 6) is 1.42. The Morgan fingerprint density at radius 2 is 0.985 bits per heavy atom. The molecule has 0 bridgehead atoms. The number of para-hydroxylation sites is 5. The third-order valence-electron chi connectivity index (χ3n) is 13.3. The number of aryl methyl sites for hydroxylation is 1. The Bertz CT molecular complexity index is 4150. The quantitative estimate of drug-likeness (QED) is 0.188. The van der Waals surface area contributed by atoms with Gasteiger partial charge in [-0.25, -0.2) is 9.98 Å². The van der Waals surface area contributed by atoms with Gasteiger partial charge in [0, 0.05) is 49.3 Å². The summed E-state index contributed by atoms with van der Waals surface area (Å²) in [7, 11) is 0. The molecule has 1 aliphatic rings. The van der Waals surface area contributed by atoms with E-state index in [1.165, 1.54) is 0 Å². The smallest absolute Gasteiger partial charge is 0.159 e. The van der Waals surface area contributed by atoms with E-state index in [1.54, 1.807) is 0 Å². The van der Waals surface area contributed by atoms with Crippen LogP contribution in [-0.2, 0) is 0 Å². The number of aromatic nitrogens is 2. The number of fused-ring (bicyclic) bond motifs is 15. The van der Waals surface area contributed by atoms with Crippen LogP contribution in [0.1, 0.15) is 28.4 Å². The second kappa shape index (κ2) is 13.7. The molecule has 0 spiro atoms. The van der Waals surface area contributed by atoms with Crippen LogP contribution in [0.4, 0.5) is 0 Å². The molecule has 0 saturated carbocycles. The summed E-state index contributed by atoms with van der Waals surface area (Å²) in [4.78, 5) is 10.5. The monoisotopic (exact) mass is 835 g/mol. The highest BCUT2D eigenvalue weighted by Crippen LogP contribution is 2.51. The minimum Gasteiger partial charge on any atom is -0.456 e. The van der Waals surface area contributed by atoms with Gasteiger partial charge in [-0.1, -0.05) is 152 Å². The molecule has 65 heavy (non-hydrogen) atoms. The van der Waals surface area contributed by atoms with Gasteiger partial charge in [0.25, 0.3) is 0 Å². The van der Waals surface area contributed by atoms with E-state index >= 15 is 0 Å². The largest absolute Gasteiger partial charge is 0.456 e. The maximum Gasteiger partial charge on any atom is 0.159 e. The molecule has 1 N–H and O–H groups in total. The third kappa shape index (κ3) is 5.12.